The molecule has 120 valence electrons. The lowest BCUT2D eigenvalue weighted by Gasteiger charge is -2.33. The van der Waals surface area contributed by atoms with E-state index in [9.17, 15) is 8.42 Å². The summed E-state index contributed by atoms with van der Waals surface area (Å²) in [5.74, 6) is 0. The number of rotatable bonds is 6. The molecule has 1 aliphatic rings. The van der Waals surface area contributed by atoms with Crippen LogP contribution in [0.3, 0.4) is 0 Å². The fraction of sp³-hybridized carbons (Fsp3) is 0.733. The van der Waals surface area contributed by atoms with E-state index in [1.165, 1.54) is 0 Å². The van der Waals surface area contributed by atoms with Gasteiger partial charge in [0.1, 0.15) is 4.90 Å². The molecule has 1 N–H and O–H groups in total. The van der Waals surface area contributed by atoms with Crippen LogP contribution >= 0.6 is 0 Å². The normalized spacial score (nSPS) is 20.8. The molecule has 1 aromatic rings. The molecule has 1 atom stereocenters. The van der Waals surface area contributed by atoms with Crippen molar-refractivity contribution < 1.29 is 8.42 Å². The average Bonchev–Trinajstić information content (AvgIpc) is 2.91. The average molecular weight is 313 g/mol. The maximum absolute atomic E-state index is 12.9. The van der Waals surface area contributed by atoms with E-state index in [1.807, 2.05) is 24.6 Å². The lowest BCUT2D eigenvalue weighted by atomic mass is 10.0. The zero-order valence-electron chi connectivity index (χ0n) is 13.3. The molecule has 5 nitrogen and oxygen atoms in total. The molecule has 0 aliphatic carbocycles. The topological polar surface area (TPSA) is 54.3 Å². The maximum Gasteiger partial charge on any atom is 0.244 e. The Labute approximate surface area is 128 Å². The standard InChI is InChI=1S/C15H27N3O2S/c1-4-13-8-6-7-9-18(13)21(19,20)15-10-14(11-16-3)17(5-2)12-15/h10,12-13,16H,4-9,11H2,1-3H3. The summed E-state index contributed by atoms with van der Waals surface area (Å²) < 4.78 is 29.6. The van der Waals surface area contributed by atoms with Gasteiger partial charge in [-0.15, -0.1) is 0 Å². The predicted octanol–water partition coefficient (Wildman–Crippen LogP) is 2.18. The van der Waals surface area contributed by atoms with E-state index >= 15 is 0 Å². The largest absolute Gasteiger partial charge is 0.349 e. The van der Waals surface area contributed by atoms with Gasteiger partial charge in [0.05, 0.1) is 0 Å². The molecule has 1 aromatic heterocycles. The first-order valence-corrected chi connectivity index (χ1v) is 9.34. The quantitative estimate of drug-likeness (QED) is 0.876. The van der Waals surface area contributed by atoms with Crippen LogP contribution in [0, 0.1) is 0 Å². The van der Waals surface area contributed by atoms with Gasteiger partial charge < -0.3 is 9.88 Å². The molecule has 1 aliphatic heterocycles. The Morgan fingerprint density at radius 3 is 2.71 bits per heavy atom. The van der Waals surface area contributed by atoms with Crippen molar-refractivity contribution in [1.29, 1.82) is 0 Å². The second-order valence-corrected chi connectivity index (χ2v) is 7.55. The number of nitrogens with one attached hydrogen (secondary N) is 1. The van der Waals surface area contributed by atoms with E-state index < -0.39 is 10.0 Å². The van der Waals surface area contributed by atoms with Crippen LogP contribution < -0.4 is 5.32 Å². The van der Waals surface area contributed by atoms with Gasteiger partial charge in [-0.3, -0.25) is 0 Å². The highest BCUT2D eigenvalue weighted by molar-refractivity contribution is 7.89. The van der Waals surface area contributed by atoms with E-state index in [-0.39, 0.29) is 6.04 Å². The smallest absolute Gasteiger partial charge is 0.244 e. The molecule has 21 heavy (non-hydrogen) atoms. The van der Waals surface area contributed by atoms with Crippen LogP contribution in [0.2, 0.25) is 0 Å². The van der Waals surface area contributed by atoms with Crippen LogP contribution in [0.15, 0.2) is 17.2 Å². The van der Waals surface area contributed by atoms with Gasteiger partial charge in [-0.25, -0.2) is 8.42 Å². The molecule has 2 heterocycles. The minimum Gasteiger partial charge on any atom is -0.349 e. The lowest BCUT2D eigenvalue weighted by Crippen LogP contribution is -2.43. The Morgan fingerprint density at radius 1 is 1.33 bits per heavy atom. The molecule has 1 saturated heterocycles. The monoisotopic (exact) mass is 313 g/mol. The SMILES string of the molecule is CCC1CCCCN1S(=O)(=O)c1cc(CNC)n(CC)c1. The van der Waals surface area contributed by atoms with Crippen molar-refractivity contribution in [2.24, 2.45) is 0 Å². The number of nitrogens with zero attached hydrogens (tertiary/aromatic N) is 2. The molecule has 0 amide bonds. The Bertz CT molecular complexity index is 565. The molecule has 1 fully saturated rings. The van der Waals surface area contributed by atoms with Crippen LogP contribution in [0.4, 0.5) is 0 Å². The minimum absolute atomic E-state index is 0.154. The summed E-state index contributed by atoms with van der Waals surface area (Å²) >= 11 is 0. The van der Waals surface area contributed by atoms with Crippen molar-refractivity contribution in [3.8, 4) is 0 Å². The molecule has 6 heteroatoms. The Kier molecular flexibility index (Phi) is 5.46. The molecule has 0 spiro atoms. The first-order valence-electron chi connectivity index (χ1n) is 7.90. The van der Waals surface area contributed by atoms with E-state index in [1.54, 1.807) is 10.5 Å². The number of hydrogen-bond donors (Lipinski definition) is 1. The molecule has 0 bridgehead atoms. The first-order chi connectivity index (χ1) is 10.0. The van der Waals surface area contributed by atoms with Crippen LogP contribution in [-0.2, 0) is 23.1 Å². The van der Waals surface area contributed by atoms with Crippen molar-refractivity contribution in [3.63, 3.8) is 0 Å². The summed E-state index contributed by atoms with van der Waals surface area (Å²) in [7, 11) is -1.49. The van der Waals surface area contributed by atoms with Gasteiger partial charge in [-0.1, -0.05) is 13.3 Å². The molecule has 2 rings (SSSR count). The van der Waals surface area contributed by atoms with E-state index in [0.717, 1.165) is 37.9 Å². The number of sulfonamides is 1. The van der Waals surface area contributed by atoms with Gasteiger partial charge in [0, 0.05) is 37.6 Å². The fourth-order valence-electron chi connectivity index (χ4n) is 3.12. The third kappa shape index (κ3) is 3.33. The number of piperidine rings is 1. The van der Waals surface area contributed by atoms with Crippen molar-refractivity contribution in [2.75, 3.05) is 13.6 Å². The summed E-state index contributed by atoms with van der Waals surface area (Å²) in [5.41, 5.74) is 1.02. The van der Waals surface area contributed by atoms with Gasteiger partial charge in [-0.05, 0) is 39.3 Å². The van der Waals surface area contributed by atoms with Crippen molar-refractivity contribution in [2.45, 2.75) is 63.6 Å². The van der Waals surface area contributed by atoms with Crippen LogP contribution in [0.5, 0.6) is 0 Å². The third-order valence-electron chi connectivity index (χ3n) is 4.31. The zero-order valence-corrected chi connectivity index (χ0v) is 14.1. The molecule has 0 aromatic carbocycles. The second-order valence-electron chi connectivity index (χ2n) is 5.66. The second kappa shape index (κ2) is 6.94. The molecule has 0 radical (unpaired) electrons. The third-order valence-corrected chi connectivity index (χ3v) is 6.23. The number of aromatic nitrogens is 1. The summed E-state index contributed by atoms with van der Waals surface area (Å²) in [6, 6.07) is 1.97. The molecule has 0 saturated carbocycles. The zero-order chi connectivity index (χ0) is 15.5. The molecular formula is C15H27N3O2S. The van der Waals surface area contributed by atoms with Gasteiger partial charge >= 0.3 is 0 Å². The fourth-order valence-corrected chi connectivity index (χ4v) is 4.96. The molecular weight excluding hydrogens is 286 g/mol. The van der Waals surface area contributed by atoms with Gasteiger partial charge in [-0.2, -0.15) is 4.31 Å². The first kappa shape index (κ1) is 16.5. The lowest BCUT2D eigenvalue weighted by molar-refractivity contribution is 0.246. The number of hydrogen-bond acceptors (Lipinski definition) is 3. The Balaban J connectivity index is 2.34. The van der Waals surface area contributed by atoms with Gasteiger partial charge in [0.2, 0.25) is 10.0 Å². The Hall–Kier alpha value is -0.850. The summed E-state index contributed by atoms with van der Waals surface area (Å²) in [4.78, 5) is 0.440. The summed E-state index contributed by atoms with van der Waals surface area (Å²) in [5, 5.41) is 3.09. The van der Waals surface area contributed by atoms with E-state index in [4.69, 9.17) is 0 Å². The molecule has 1 unspecified atom stereocenters. The van der Waals surface area contributed by atoms with E-state index in [0.29, 0.717) is 18.0 Å². The summed E-state index contributed by atoms with van der Waals surface area (Å²) in [6.45, 7) is 6.22. The number of aryl methyl sites for hydroxylation is 1. The predicted molar refractivity (Wildman–Crippen MR) is 84.7 cm³/mol. The van der Waals surface area contributed by atoms with Crippen LogP contribution in [0.25, 0.3) is 0 Å². The van der Waals surface area contributed by atoms with Crippen molar-refractivity contribution >= 4 is 10.0 Å². The van der Waals surface area contributed by atoms with Crippen LogP contribution in [-0.4, -0.2) is 36.9 Å². The summed E-state index contributed by atoms with van der Waals surface area (Å²) in [6.07, 6.45) is 5.74. The van der Waals surface area contributed by atoms with Crippen LogP contribution in [0.1, 0.15) is 45.2 Å². The maximum atomic E-state index is 12.9. The highest BCUT2D eigenvalue weighted by Crippen LogP contribution is 2.28. The van der Waals surface area contributed by atoms with Gasteiger partial charge in [0.15, 0.2) is 0 Å². The van der Waals surface area contributed by atoms with Crippen molar-refractivity contribution in [1.82, 2.24) is 14.2 Å². The minimum atomic E-state index is -3.37. The highest BCUT2D eigenvalue weighted by Gasteiger charge is 2.33. The Morgan fingerprint density at radius 2 is 2.10 bits per heavy atom. The van der Waals surface area contributed by atoms with Crippen molar-refractivity contribution in [3.05, 3.63) is 18.0 Å². The highest BCUT2D eigenvalue weighted by atomic mass is 32.2. The van der Waals surface area contributed by atoms with Gasteiger partial charge in [0.25, 0.3) is 0 Å². The van der Waals surface area contributed by atoms with E-state index in [2.05, 4.69) is 12.2 Å².